The normalized spacial score (nSPS) is 16.9. The van der Waals surface area contributed by atoms with Crippen LogP contribution in [0.5, 0.6) is 17.2 Å². The first-order chi connectivity index (χ1) is 12.9. The molecular formula is C20H18BrNO5. The van der Waals surface area contributed by atoms with Gasteiger partial charge in [-0.15, -0.1) is 0 Å². The fourth-order valence-corrected chi connectivity index (χ4v) is 3.79. The Hall–Kier alpha value is -2.35. The van der Waals surface area contributed by atoms with Gasteiger partial charge in [0.15, 0.2) is 12.6 Å². The highest BCUT2D eigenvalue weighted by Gasteiger charge is 2.31. The van der Waals surface area contributed by atoms with Crippen molar-refractivity contribution >= 4 is 27.8 Å². The molecule has 0 unspecified atom stereocenters. The zero-order valence-corrected chi connectivity index (χ0v) is 16.5. The number of hydrogen-bond donors (Lipinski definition) is 1. The molecule has 0 bridgehead atoms. The second kappa shape index (κ2) is 6.99. The first-order valence-electron chi connectivity index (χ1n) is 8.53. The van der Waals surface area contributed by atoms with Gasteiger partial charge in [0.1, 0.15) is 18.0 Å². The average molecular weight is 432 g/mol. The molecule has 27 heavy (non-hydrogen) atoms. The lowest BCUT2D eigenvalue weighted by molar-refractivity contribution is -0.872. The lowest BCUT2D eigenvalue weighted by Gasteiger charge is -2.20. The number of fused-ring (bicyclic) bond motifs is 2. The predicted octanol–water partition coefficient (Wildman–Crippen LogP) is 1.65. The van der Waals surface area contributed by atoms with E-state index in [2.05, 4.69) is 15.9 Å². The van der Waals surface area contributed by atoms with Gasteiger partial charge >= 0.3 is 0 Å². The summed E-state index contributed by atoms with van der Waals surface area (Å²) in [6, 6.07) is 6.75. The molecule has 0 amide bonds. The van der Waals surface area contributed by atoms with Crippen molar-refractivity contribution in [1.82, 2.24) is 0 Å². The highest BCUT2D eigenvalue weighted by Crippen LogP contribution is 2.40. The van der Waals surface area contributed by atoms with Crippen LogP contribution in [0.4, 0.5) is 0 Å². The molecular weight excluding hydrogens is 414 g/mol. The maximum absolute atomic E-state index is 12.8. The van der Waals surface area contributed by atoms with Crippen LogP contribution in [0.2, 0.25) is 0 Å². The van der Waals surface area contributed by atoms with E-state index >= 15 is 0 Å². The van der Waals surface area contributed by atoms with Gasteiger partial charge in [-0.25, -0.2) is 0 Å². The van der Waals surface area contributed by atoms with Crippen molar-refractivity contribution in [3.05, 3.63) is 56.8 Å². The molecule has 2 heterocycles. The fourth-order valence-electron chi connectivity index (χ4n) is 3.27. The van der Waals surface area contributed by atoms with Crippen LogP contribution in [-0.2, 0) is 17.9 Å². The van der Waals surface area contributed by atoms with Crippen molar-refractivity contribution in [1.29, 1.82) is 0 Å². The molecule has 6 nitrogen and oxygen atoms in total. The molecule has 0 saturated carbocycles. The van der Waals surface area contributed by atoms with E-state index in [4.69, 9.17) is 14.2 Å². The predicted molar refractivity (Wildman–Crippen MR) is 99.8 cm³/mol. The quantitative estimate of drug-likeness (QED) is 0.748. The van der Waals surface area contributed by atoms with Gasteiger partial charge in [0, 0.05) is 21.2 Å². The standard InChI is InChI=1S/C20H18BrNO5/c1-22(2)8-15-16(23)4-3-14-18(24)17(27-20(14)15)7-11-5-13(21)6-12-9-25-10-26-19(11)12/h3-7,23H,8-10H2,1-2H3. The Kier molecular flexibility index (Phi) is 4.67. The third-order valence-corrected chi connectivity index (χ3v) is 4.88. The van der Waals surface area contributed by atoms with Gasteiger partial charge < -0.3 is 24.2 Å². The molecule has 0 fully saturated rings. The molecule has 2 aromatic rings. The van der Waals surface area contributed by atoms with Gasteiger partial charge in [-0.3, -0.25) is 4.79 Å². The van der Waals surface area contributed by atoms with Gasteiger partial charge in [0.2, 0.25) is 5.78 Å². The number of carbonyl (C=O) groups is 1. The van der Waals surface area contributed by atoms with Crippen LogP contribution in [0.3, 0.4) is 0 Å². The van der Waals surface area contributed by atoms with Crippen LogP contribution < -0.4 is 19.5 Å². The molecule has 2 aliphatic heterocycles. The van der Waals surface area contributed by atoms with E-state index in [1.165, 1.54) is 12.1 Å². The molecule has 0 spiro atoms. The van der Waals surface area contributed by atoms with E-state index in [1.807, 2.05) is 26.2 Å². The minimum Gasteiger partial charge on any atom is -0.872 e. The minimum atomic E-state index is -0.235. The smallest absolute Gasteiger partial charge is 0.231 e. The summed E-state index contributed by atoms with van der Waals surface area (Å²) in [6.07, 6.45) is 1.66. The highest BCUT2D eigenvalue weighted by atomic mass is 79.9. The number of Topliss-reactive ketones (excluding diaryl/α,β-unsaturated/α-hetero) is 1. The van der Waals surface area contributed by atoms with E-state index in [0.29, 0.717) is 35.8 Å². The number of carbonyl (C=O) groups excluding carboxylic acids is 1. The Morgan fingerprint density at radius 3 is 2.85 bits per heavy atom. The minimum absolute atomic E-state index is 0.121. The summed E-state index contributed by atoms with van der Waals surface area (Å²) in [5.41, 5.74) is 2.56. The Morgan fingerprint density at radius 2 is 2.07 bits per heavy atom. The van der Waals surface area contributed by atoms with Crippen LogP contribution in [-0.4, -0.2) is 26.7 Å². The van der Waals surface area contributed by atoms with Gasteiger partial charge in [-0.1, -0.05) is 27.7 Å². The number of ketones is 1. The molecule has 2 aliphatic rings. The van der Waals surface area contributed by atoms with Crippen molar-refractivity contribution in [2.24, 2.45) is 0 Å². The average Bonchev–Trinajstić information content (AvgIpc) is 2.93. The second-order valence-electron chi connectivity index (χ2n) is 6.84. The number of ether oxygens (including phenoxy) is 3. The summed E-state index contributed by atoms with van der Waals surface area (Å²) < 4.78 is 17.6. The molecule has 7 heteroatoms. The number of hydrogen-bond acceptors (Lipinski definition) is 5. The number of benzene rings is 2. The first-order valence-corrected chi connectivity index (χ1v) is 9.32. The summed E-state index contributed by atoms with van der Waals surface area (Å²) in [4.78, 5) is 13.9. The molecule has 140 valence electrons. The monoisotopic (exact) mass is 431 g/mol. The second-order valence-corrected chi connectivity index (χ2v) is 7.75. The van der Waals surface area contributed by atoms with E-state index < -0.39 is 0 Å². The molecule has 2 aromatic carbocycles. The van der Waals surface area contributed by atoms with Crippen molar-refractivity contribution < 1.29 is 29.0 Å². The third kappa shape index (κ3) is 3.34. The Morgan fingerprint density at radius 1 is 1.26 bits per heavy atom. The number of quaternary nitrogens is 1. The van der Waals surface area contributed by atoms with Gasteiger partial charge in [0.25, 0.3) is 0 Å². The third-order valence-electron chi connectivity index (χ3n) is 4.42. The van der Waals surface area contributed by atoms with Crippen molar-refractivity contribution in [2.75, 3.05) is 20.9 Å². The van der Waals surface area contributed by atoms with Crippen molar-refractivity contribution in [3.63, 3.8) is 0 Å². The van der Waals surface area contributed by atoms with Crippen molar-refractivity contribution in [2.45, 2.75) is 13.2 Å². The molecule has 0 aliphatic carbocycles. The number of rotatable bonds is 3. The molecule has 0 aromatic heterocycles. The van der Waals surface area contributed by atoms with Crippen LogP contribution in [0.1, 0.15) is 27.0 Å². The van der Waals surface area contributed by atoms with Crippen LogP contribution in [0.25, 0.3) is 6.08 Å². The van der Waals surface area contributed by atoms with Crippen LogP contribution in [0, 0.1) is 0 Å². The summed E-state index contributed by atoms with van der Waals surface area (Å²) in [5.74, 6) is 0.867. The Labute approximate surface area is 165 Å². The van der Waals surface area contributed by atoms with Crippen LogP contribution in [0.15, 0.2) is 34.5 Å². The maximum Gasteiger partial charge on any atom is 0.231 e. The van der Waals surface area contributed by atoms with Gasteiger partial charge in [-0.2, -0.15) is 0 Å². The molecule has 4 rings (SSSR count). The largest absolute Gasteiger partial charge is 0.872 e. The lowest BCUT2D eigenvalue weighted by atomic mass is 10.0. The SMILES string of the molecule is C[NH+](C)Cc1c([O-])ccc2c1OC(=Cc1cc(Br)cc3c1OCOC3)C2=O. The number of allylic oxidation sites excluding steroid dienone is 1. The number of halogens is 1. The Bertz CT molecular complexity index is 967. The summed E-state index contributed by atoms with van der Waals surface area (Å²) in [7, 11) is 3.89. The molecule has 0 saturated heterocycles. The van der Waals surface area contributed by atoms with E-state index in [0.717, 1.165) is 20.5 Å². The van der Waals surface area contributed by atoms with Crippen LogP contribution >= 0.6 is 15.9 Å². The zero-order chi connectivity index (χ0) is 19.1. The summed E-state index contributed by atoms with van der Waals surface area (Å²) in [6.45, 7) is 1.08. The lowest BCUT2D eigenvalue weighted by Crippen LogP contribution is -3.04. The molecule has 0 radical (unpaired) electrons. The number of nitrogens with one attached hydrogen (secondary N) is 1. The van der Waals surface area contributed by atoms with E-state index in [-0.39, 0.29) is 24.1 Å². The summed E-state index contributed by atoms with van der Waals surface area (Å²) >= 11 is 3.47. The zero-order valence-electron chi connectivity index (χ0n) is 14.9. The maximum atomic E-state index is 12.8. The van der Waals surface area contributed by atoms with E-state index in [1.54, 1.807) is 6.08 Å². The van der Waals surface area contributed by atoms with E-state index in [9.17, 15) is 9.90 Å². The highest BCUT2D eigenvalue weighted by molar-refractivity contribution is 9.10. The van der Waals surface area contributed by atoms with Gasteiger partial charge in [-0.05, 0) is 24.3 Å². The topological polar surface area (TPSA) is 72.3 Å². The summed E-state index contributed by atoms with van der Waals surface area (Å²) in [5, 5.41) is 12.3. The molecule has 0 atom stereocenters. The first kappa shape index (κ1) is 18.0. The van der Waals surface area contributed by atoms with Gasteiger partial charge in [0.05, 0.1) is 26.3 Å². The fraction of sp³-hybridized carbons (Fsp3) is 0.250. The Balaban J connectivity index is 1.77. The molecule has 1 N–H and O–H groups in total. The van der Waals surface area contributed by atoms with Crippen molar-refractivity contribution in [3.8, 4) is 17.2 Å².